The minimum Gasteiger partial charge on any atom is -0.481 e. The van der Waals surface area contributed by atoms with Crippen LogP contribution in [0.4, 0.5) is 4.79 Å². The van der Waals surface area contributed by atoms with E-state index in [0.29, 0.717) is 19.6 Å². The van der Waals surface area contributed by atoms with Gasteiger partial charge in [0.25, 0.3) is 0 Å². The number of carboxylic acid groups (broad SMARTS) is 1. The molecule has 2 fully saturated rings. The number of piperidine rings is 1. The number of carbonyl (C=O) groups is 2. The standard InChI is InChI=1S/C14H24N2O4/c1-13(2,3)20-12(19)16-7-5-14(9-16)4-6-15-8-10(14)11(17)18/h10,15H,4-9H2,1-3H3,(H,17,18). The van der Waals surface area contributed by atoms with Gasteiger partial charge < -0.3 is 20.1 Å². The highest BCUT2D eigenvalue weighted by atomic mass is 16.6. The van der Waals surface area contributed by atoms with Gasteiger partial charge in [0, 0.05) is 25.0 Å². The summed E-state index contributed by atoms with van der Waals surface area (Å²) in [7, 11) is 0. The molecule has 0 radical (unpaired) electrons. The third-order valence-corrected chi connectivity index (χ3v) is 4.22. The average molecular weight is 284 g/mol. The van der Waals surface area contributed by atoms with Crippen LogP contribution in [0.5, 0.6) is 0 Å². The van der Waals surface area contributed by atoms with E-state index in [0.717, 1.165) is 19.4 Å². The molecule has 0 aromatic carbocycles. The summed E-state index contributed by atoms with van der Waals surface area (Å²) in [5, 5.41) is 12.5. The highest BCUT2D eigenvalue weighted by Crippen LogP contribution is 2.43. The van der Waals surface area contributed by atoms with Crippen LogP contribution >= 0.6 is 0 Å². The lowest BCUT2D eigenvalue weighted by Crippen LogP contribution is -2.50. The van der Waals surface area contributed by atoms with Crippen LogP contribution in [-0.4, -0.2) is 53.8 Å². The summed E-state index contributed by atoms with van der Waals surface area (Å²) in [4.78, 5) is 25.2. The lowest BCUT2D eigenvalue weighted by atomic mass is 9.70. The molecule has 2 aliphatic rings. The molecule has 20 heavy (non-hydrogen) atoms. The molecule has 2 aliphatic heterocycles. The van der Waals surface area contributed by atoms with Crippen molar-refractivity contribution in [1.82, 2.24) is 10.2 Å². The van der Waals surface area contributed by atoms with E-state index in [1.165, 1.54) is 0 Å². The van der Waals surface area contributed by atoms with E-state index in [2.05, 4.69) is 5.32 Å². The van der Waals surface area contributed by atoms with E-state index >= 15 is 0 Å². The SMILES string of the molecule is CC(C)(C)OC(=O)N1CCC2(CCNCC2C(=O)O)C1. The normalized spacial score (nSPS) is 30.6. The number of amides is 1. The van der Waals surface area contributed by atoms with Gasteiger partial charge in [-0.2, -0.15) is 0 Å². The van der Waals surface area contributed by atoms with Gasteiger partial charge in [-0.1, -0.05) is 0 Å². The van der Waals surface area contributed by atoms with Crippen LogP contribution in [0.1, 0.15) is 33.6 Å². The number of nitrogens with one attached hydrogen (secondary N) is 1. The monoisotopic (exact) mass is 284 g/mol. The lowest BCUT2D eigenvalue weighted by Gasteiger charge is -2.39. The topological polar surface area (TPSA) is 78.9 Å². The van der Waals surface area contributed by atoms with Crippen molar-refractivity contribution in [2.24, 2.45) is 11.3 Å². The maximum atomic E-state index is 12.1. The van der Waals surface area contributed by atoms with E-state index in [4.69, 9.17) is 4.74 Å². The van der Waals surface area contributed by atoms with Gasteiger partial charge in [0.05, 0.1) is 5.92 Å². The molecular weight excluding hydrogens is 260 g/mol. The average Bonchev–Trinajstić information content (AvgIpc) is 2.72. The highest BCUT2D eigenvalue weighted by Gasteiger charge is 2.50. The molecule has 2 saturated heterocycles. The Hall–Kier alpha value is -1.30. The van der Waals surface area contributed by atoms with Gasteiger partial charge in [0.2, 0.25) is 0 Å². The van der Waals surface area contributed by atoms with Gasteiger partial charge in [-0.3, -0.25) is 4.79 Å². The molecule has 6 nitrogen and oxygen atoms in total. The van der Waals surface area contributed by atoms with E-state index in [1.807, 2.05) is 20.8 Å². The zero-order valence-electron chi connectivity index (χ0n) is 12.4. The zero-order valence-corrected chi connectivity index (χ0v) is 12.4. The van der Waals surface area contributed by atoms with Crippen molar-refractivity contribution in [2.75, 3.05) is 26.2 Å². The van der Waals surface area contributed by atoms with Crippen LogP contribution in [0.3, 0.4) is 0 Å². The van der Waals surface area contributed by atoms with Gasteiger partial charge in [-0.15, -0.1) is 0 Å². The van der Waals surface area contributed by atoms with E-state index in [9.17, 15) is 14.7 Å². The summed E-state index contributed by atoms with van der Waals surface area (Å²) in [6.07, 6.45) is 1.20. The second kappa shape index (κ2) is 5.24. The smallest absolute Gasteiger partial charge is 0.410 e. The molecule has 0 aliphatic carbocycles. The van der Waals surface area contributed by atoms with E-state index in [1.54, 1.807) is 4.90 Å². The van der Waals surface area contributed by atoms with Crippen LogP contribution in [-0.2, 0) is 9.53 Å². The van der Waals surface area contributed by atoms with Gasteiger partial charge in [-0.25, -0.2) is 4.79 Å². The number of carbonyl (C=O) groups excluding carboxylic acids is 1. The number of carboxylic acids is 1. The summed E-state index contributed by atoms with van der Waals surface area (Å²) in [5.41, 5.74) is -0.818. The minimum absolute atomic E-state index is 0.298. The third kappa shape index (κ3) is 3.06. The molecule has 0 aromatic rings. The molecule has 114 valence electrons. The molecule has 0 saturated carbocycles. The first-order valence-electron chi connectivity index (χ1n) is 7.15. The Labute approximate surface area is 119 Å². The molecule has 1 spiro atoms. The Balaban J connectivity index is 2.06. The molecule has 6 heteroatoms. The molecule has 0 bridgehead atoms. The van der Waals surface area contributed by atoms with E-state index < -0.39 is 17.5 Å². The van der Waals surface area contributed by atoms with Crippen molar-refractivity contribution < 1.29 is 19.4 Å². The Bertz CT molecular complexity index is 404. The summed E-state index contributed by atoms with van der Waals surface area (Å²) < 4.78 is 5.38. The van der Waals surface area contributed by atoms with E-state index in [-0.39, 0.29) is 11.5 Å². The molecule has 2 unspecified atom stereocenters. The third-order valence-electron chi connectivity index (χ3n) is 4.22. The maximum absolute atomic E-state index is 12.1. The van der Waals surface area contributed by atoms with Crippen LogP contribution < -0.4 is 5.32 Å². The maximum Gasteiger partial charge on any atom is 0.410 e. The van der Waals surface area contributed by atoms with Crippen molar-refractivity contribution in [3.8, 4) is 0 Å². The van der Waals surface area contributed by atoms with Gasteiger partial charge >= 0.3 is 12.1 Å². The van der Waals surface area contributed by atoms with Gasteiger partial charge in [0.15, 0.2) is 0 Å². The highest BCUT2D eigenvalue weighted by molar-refractivity contribution is 5.73. The molecule has 2 N–H and O–H groups in total. The van der Waals surface area contributed by atoms with Crippen molar-refractivity contribution in [3.63, 3.8) is 0 Å². The number of hydrogen-bond acceptors (Lipinski definition) is 4. The summed E-state index contributed by atoms with van der Waals surface area (Å²) in [6, 6.07) is 0. The van der Waals surface area contributed by atoms with Crippen molar-refractivity contribution in [1.29, 1.82) is 0 Å². The first-order valence-corrected chi connectivity index (χ1v) is 7.15. The fourth-order valence-electron chi connectivity index (χ4n) is 3.19. The summed E-state index contributed by atoms with van der Waals surface area (Å²) in [6.45, 7) is 7.87. The first kappa shape index (κ1) is 15.1. The van der Waals surface area contributed by atoms with Crippen molar-refractivity contribution in [3.05, 3.63) is 0 Å². The Morgan fingerprint density at radius 1 is 1.35 bits per heavy atom. The fraction of sp³-hybridized carbons (Fsp3) is 0.857. The van der Waals surface area contributed by atoms with Crippen LogP contribution in [0, 0.1) is 11.3 Å². The minimum atomic E-state index is -0.775. The molecule has 0 aromatic heterocycles. The Morgan fingerprint density at radius 2 is 2.05 bits per heavy atom. The van der Waals surface area contributed by atoms with Crippen molar-refractivity contribution >= 4 is 12.1 Å². The zero-order chi connectivity index (χ0) is 15.0. The first-order chi connectivity index (χ1) is 9.23. The molecule has 2 atom stereocenters. The second-order valence-electron chi connectivity index (χ2n) is 6.86. The number of nitrogens with zero attached hydrogens (tertiary/aromatic N) is 1. The molecule has 1 amide bonds. The predicted molar refractivity (Wildman–Crippen MR) is 73.5 cm³/mol. The van der Waals surface area contributed by atoms with Gasteiger partial charge in [-0.05, 0) is 40.2 Å². The number of aliphatic carboxylic acids is 1. The Morgan fingerprint density at radius 3 is 2.65 bits per heavy atom. The predicted octanol–water partition coefficient (Wildman–Crippen LogP) is 1.31. The Kier molecular flexibility index (Phi) is 3.95. The number of ether oxygens (including phenoxy) is 1. The summed E-state index contributed by atoms with van der Waals surface area (Å²) >= 11 is 0. The van der Waals surface area contributed by atoms with Crippen molar-refractivity contribution in [2.45, 2.75) is 39.2 Å². The van der Waals surface area contributed by atoms with Gasteiger partial charge in [0.1, 0.15) is 5.60 Å². The molecular formula is C14H24N2O4. The van der Waals surface area contributed by atoms with Crippen LogP contribution in [0.2, 0.25) is 0 Å². The number of rotatable bonds is 1. The quantitative estimate of drug-likeness (QED) is 0.759. The number of hydrogen-bond donors (Lipinski definition) is 2. The second-order valence-corrected chi connectivity index (χ2v) is 6.86. The fourth-order valence-corrected chi connectivity index (χ4v) is 3.19. The largest absolute Gasteiger partial charge is 0.481 e. The van der Waals surface area contributed by atoms with Crippen LogP contribution in [0.25, 0.3) is 0 Å². The molecule has 2 rings (SSSR count). The summed E-state index contributed by atoms with van der Waals surface area (Å²) in [5.74, 6) is -1.20. The molecule has 2 heterocycles. The van der Waals surface area contributed by atoms with Crippen LogP contribution in [0.15, 0.2) is 0 Å². The number of likely N-dealkylation sites (tertiary alicyclic amines) is 1. The lowest BCUT2D eigenvalue weighted by molar-refractivity contribution is -0.147.